The van der Waals surface area contributed by atoms with Gasteiger partial charge in [-0.3, -0.25) is 14.1 Å². The SMILES string of the molecule is c1cc(-n2c3cc4ccccc4cc3c3c4c5ccccc5n5c6ccccc6c(cc32)c45)cc(-n2c3ccccc3c3cccnc32)c1.c1ccc(-c2ccc(-c3nc(-n4c5cc6ccccc6cc5c5c6c7ccccc7n7c8ccccc8c(cc54)c67)c4ccccc4n3)cc2)cc1.c1ccc2cc3c(cc2c1)c1c2c4ccccc4n4c5ccccc5c(cc1n3-c1ccc(-n3c5ccccc5c5ccncc53)cc1)c24. The molecule has 12 nitrogen and oxygen atoms in total. The summed E-state index contributed by atoms with van der Waals surface area (Å²) in [6.07, 6.45) is 5.75. The second-order valence-electron chi connectivity index (χ2n) is 40.2. The third kappa shape index (κ3) is 11.2. The summed E-state index contributed by atoms with van der Waals surface area (Å²) >= 11 is 0. The minimum atomic E-state index is 0.705. The largest absolute Gasteiger partial charge is 0.309 e. The predicted molar refractivity (Wildman–Crippen MR) is 627 cm³/mol. The first kappa shape index (κ1) is 81.1. The molecule has 0 amide bonds. The van der Waals surface area contributed by atoms with E-state index in [4.69, 9.17) is 15.0 Å². The van der Waals surface area contributed by atoms with Crippen molar-refractivity contribution in [2.45, 2.75) is 0 Å². The van der Waals surface area contributed by atoms with Crippen molar-refractivity contribution in [1.29, 1.82) is 0 Å². The molecule has 0 aliphatic carbocycles. The van der Waals surface area contributed by atoms with Gasteiger partial charge >= 0.3 is 0 Å². The van der Waals surface area contributed by atoms with Crippen LogP contribution in [0.1, 0.15) is 0 Å². The van der Waals surface area contributed by atoms with Gasteiger partial charge in [-0.15, -0.1) is 0 Å². The molecule has 0 atom stereocenters. The van der Waals surface area contributed by atoms with E-state index in [0.717, 1.165) is 78.1 Å². The van der Waals surface area contributed by atoms with Gasteiger partial charge in [0.2, 0.25) is 0 Å². The minimum Gasteiger partial charge on any atom is -0.309 e. The Labute approximate surface area is 853 Å². The number of benzene rings is 22. The van der Waals surface area contributed by atoms with Crippen molar-refractivity contribution in [3.8, 4) is 51.1 Å². The van der Waals surface area contributed by atoms with Crippen molar-refractivity contribution in [3.63, 3.8) is 0 Å². The average Bonchev–Trinajstić information content (AvgIpc) is 1.52. The number of para-hydroxylation sites is 9. The maximum Gasteiger partial charge on any atom is 0.162 e. The summed E-state index contributed by atoms with van der Waals surface area (Å²) in [5.41, 5.74) is 31.6. The Morgan fingerprint density at radius 2 is 0.507 bits per heavy atom. The van der Waals surface area contributed by atoms with E-state index in [1.165, 1.54) is 234 Å². The maximum absolute atomic E-state index is 5.49. The first-order valence-electron chi connectivity index (χ1n) is 51.4. The number of rotatable bonds is 7. The van der Waals surface area contributed by atoms with Crippen LogP contribution in [0.15, 0.2) is 486 Å². The van der Waals surface area contributed by atoms with Crippen LogP contribution in [0, 0.1) is 0 Å². The van der Waals surface area contributed by atoms with E-state index in [-0.39, 0.29) is 0 Å². The lowest BCUT2D eigenvalue weighted by atomic mass is 10.0. The molecule has 0 saturated carbocycles. The smallest absolute Gasteiger partial charge is 0.162 e. The molecule has 14 heterocycles. The van der Waals surface area contributed by atoms with Crippen molar-refractivity contribution in [3.05, 3.63) is 486 Å². The lowest BCUT2D eigenvalue weighted by molar-refractivity contribution is 1.08. The van der Waals surface area contributed by atoms with Crippen molar-refractivity contribution in [1.82, 2.24) is 56.0 Å². The van der Waals surface area contributed by atoms with Crippen LogP contribution >= 0.6 is 0 Å². The highest BCUT2D eigenvalue weighted by Gasteiger charge is 2.32. The monoisotopic (exact) mass is 1900 g/mol. The Hall–Kier alpha value is -20.3. The number of fused-ring (bicyclic) bond motifs is 40. The molecule has 0 N–H and O–H groups in total. The Morgan fingerprint density at radius 1 is 0.167 bits per heavy atom. The van der Waals surface area contributed by atoms with Gasteiger partial charge in [0.05, 0.1) is 111 Å². The van der Waals surface area contributed by atoms with Crippen molar-refractivity contribution in [2.24, 2.45) is 0 Å². The molecule has 0 fully saturated rings. The van der Waals surface area contributed by atoms with E-state index in [0.29, 0.717) is 5.82 Å². The van der Waals surface area contributed by atoms with Crippen LogP contribution in [-0.2, 0) is 0 Å². The Balaban J connectivity index is 0.0000000957. The molecule has 0 saturated heterocycles. The molecule has 0 radical (unpaired) electrons. The summed E-state index contributed by atoms with van der Waals surface area (Å²) in [4.78, 5) is 20.0. The third-order valence-electron chi connectivity index (χ3n) is 32.6. The fourth-order valence-electron chi connectivity index (χ4n) is 26.4. The second-order valence-corrected chi connectivity index (χ2v) is 40.2. The number of aromatic nitrogens is 12. The first-order chi connectivity index (χ1) is 74.5. The van der Waals surface area contributed by atoms with Gasteiger partial charge < -0.3 is 26.9 Å². The normalized spacial score (nSPS) is 12.4. The highest BCUT2D eigenvalue weighted by molar-refractivity contribution is 6.40. The molecule has 0 unspecified atom stereocenters. The van der Waals surface area contributed by atoms with Gasteiger partial charge in [-0.25, -0.2) is 15.0 Å². The van der Waals surface area contributed by atoms with Crippen molar-refractivity contribution < 1.29 is 0 Å². The van der Waals surface area contributed by atoms with Gasteiger partial charge in [0.25, 0.3) is 0 Å². The van der Waals surface area contributed by atoms with E-state index in [2.05, 4.69) is 502 Å². The fraction of sp³-hybridized carbons (Fsp3) is 0. The summed E-state index contributed by atoms with van der Waals surface area (Å²) in [7, 11) is 0. The molecule has 692 valence electrons. The highest BCUT2D eigenvalue weighted by Crippen LogP contribution is 2.54. The quantitative estimate of drug-likeness (QED) is 0.159. The molecule has 0 aliphatic heterocycles. The Kier molecular flexibility index (Phi) is 16.6. The Bertz CT molecular complexity index is 12100. The van der Waals surface area contributed by atoms with E-state index in [1.54, 1.807) is 0 Å². The zero-order chi connectivity index (χ0) is 97.5. The van der Waals surface area contributed by atoms with E-state index < -0.39 is 0 Å². The molecular weight excluding hydrogens is 1830 g/mol. The molecule has 14 aromatic heterocycles. The zero-order valence-electron chi connectivity index (χ0n) is 80.6. The van der Waals surface area contributed by atoms with Crippen LogP contribution in [0.3, 0.4) is 0 Å². The van der Waals surface area contributed by atoms with Crippen LogP contribution in [0.4, 0.5) is 0 Å². The third-order valence-corrected chi connectivity index (χ3v) is 32.6. The van der Waals surface area contributed by atoms with Gasteiger partial charge in [-0.2, -0.15) is 0 Å². The summed E-state index contributed by atoms with van der Waals surface area (Å²) < 4.78 is 19.4. The number of pyridine rings is 2. The number of hydrogen-bond acceptors (Lipinski definition) is 4. The standard InChI is InChI=1S/C48H28N4.2C45H26N4/c1-2-12-29(13-3-1)30-22-24-31(25-23-30)47-49-39-19-9-6-17-35(39)48(50-47)52-42-27-33-15-5-4-14-32(33)26-38(42)44-43(52)28-37-34-16-7-10-20-40(34)51-41-21-11-8-18-36(41)45(44)46(37)51;1-2-12-28-24-40-36(23-27(28)11-1)42-41(26-35-32-16-4-7-20-38(32)49-39-21-8-5-17-34(39)43(42)44(35)49)47(40)29-13-9-14-30(25-29)48-37-19-6-3-15-31(37)33-18-10-22-46-45(33)48;1-2-10-28-24-40-36(23-27(28)9-1)43-41(25-35-32-12-4-7-15-38(32)49-39-16-8-5-13-34(39)44(43)45(35)49)48(40)30-19-17-29(18-20-30)47-37-14-6-3-11-31(37)33-21-22-46-26-42(33)47/h1-28H;2*1-26H. The minimum absolute atomic E-state index is 0.705. The van der Waals surface area contributed by atoms with Gasteiger partial charge in [0.15, 0.2) is 5.82 Å². The topological polar surface area (TPSA) is 89.4 Å². The van der Waals surface area contributed by atoms with Crippen molar-refractivity contribution >= 4 is 267 Å². The average molecular weight is 1910 g/mol. The van der Waals surface area contributed by atoms with Gasteiger partial charge in [-0.05, 0) is 219 Å². The highest BCUT2D eigenvalue weighted by atomic mass is 15.1. The molecule has 0 aliphatic rings. The van der Waals surface area contributed by atoms with Gasteiger partial charge in [0, 0.05) is 165 Å². The van der Waals surface area contributed by atoms with Crippen LogP contribution in [-0.4, -0.2) is 56.0 Å². The molecule has 36 rings (SSSR count). The van der Waals surface area contributed by atoms with E-state index in [9.17, 15) is 0 Å². The van der Waals surface area contributed by atoms with Crippen LogP contribution in [0.2, 0.25) is 0 Å². The molecule has 22 aromatic carbocycles. The number of hydrogen-bond donors (Lipinski definition) is 0. The van der Waals surface area contributed by atoms with Gasteiger partial charge in [0.1, 0.15) is 11.5 Å². The molecule has 150 heavy (non-hydrogen) atoms. The fourth-order valence-corrected chi connectivity index (χ4v) is 26.4. The first-order valence-corrected chi connectivity index (χ1v) is 51.4. The zero-order valence-corrected chi connectivity index (χ0v) is 80.6. The molecule has 0 spiro atoms. The van der Waals surface area contributed by atoms with E-state index in [1.807, 2.05) is 24.7 Å². The predicted octanol–water partition coefficient (Wildman–Crippen LogP) is 35.5. The van der Waals surface area contributed by atoms with Crippen molar-refractivity contribution in [2.75, 3.05) is 0 Å². The summed E-state index contributed by atoms with van der Waals surface area (Å²) in [6, 6.07) is 170. The molecule has 12 heteroatoms. The maximum atomic E-state index is 5.49. The lowest BCUT2D eigenvalue weighted by Gasteiger charge is -2.13. The number of nitrogens with zero attached hydrogens (tertiary/aromatic N) is 12. The van der Waals surface area contributed by atoms with Crippen LogP contribution in [0.5, 0.6) is 0 Å². The summed E-state index contributed by atoms with van der Waals surface area (Å²) in [5, 5.41) is 36.3. The summed E-state index contributed by atoms with van der Waals surface area (Å²) in [6.45, 7) is 0. The van der Waals surface area contributed by atoms with Gasteiger partial charge in [-0.1, -0.05) is 291 Å². The Morgan fingerprint density at radius 3 is 0.987 bits per heavy atom. The lowest BCUT2D eigenvalue weighted by Crippen LogP contribution is -2.02. The molecule has 36 aromatic rings. The van der Waals surface area contributed by atoms with Crippen LogP contribution in [0.25, 0.3) is 318 Å². The summed E-state index contributed by atoms with van der Waals surface area (Å²) in [5.74, 6) is 1.58. The molecular formula is C138H80N12. The second kappa shape index (κ2) is 30.6. The molecule has 0 bridgehead atoms. The van der Waals surface area contributed by atoms with E-state index >= 15 is 0 Å². The van der Waals surface area contributed by atoms with Crippen LogP contribution < -0.4 is 0 Å².